The van der Waals surface area contributed by atoms with E-state index in [2.05, 4.69) is 9.72 Å². The van der Waals surface area contributed by atoms with Crippen molar-refractivity contribution in [2.45, 2.75) is 13.3 Å². The van der Waals surface area contributed by atoms with Crippen LogP contribution in [0, 0.1) is 17.1 Å². The molecule has 90 valence electrons. The third-order valence-corrected chi connectivity index (χ3v) is 1.82. The fraction of sp³-hybridized carbons (Fsp3) is 0.300. The Morgan fingerprint density at radius 3 is 2.76 bits per heavy atom. The van der Waals surface area contributed by atoms with Gasteiger partial charge in [-0.2, -0.15) is 5.26 Å². The molecule has 0 saturated carbocycles. The predicted molar refractivity (Wildman–Crippen MR) is 49.8 cm³/mol. The highest BCUT2D eigenvalue weighted by atomic mass is 19.3. The molecule has 0 aliphatic rings. The van der Waals surface area contributed by atoms with Crippen molar-refractivity contribution >= 4 is 5.97 Å². The topological polar surface area (TPSA) is 63.0 Å². The van der Waals surface area contributed by atoms with Gasteiger partial charge < -0.3 is 4.74 Å². The molecule has 0 unspecified atom stereocenters. The van der Waals surface area contributed by atoms with Gasteiger partial charge in [-0.3, -0.25) is 0 Å². The van der Waals surface area contributed by atoms with Crippen LogP contribution < -0.4 is 0 Å². The second-order valence-corrected chi connectivity index (χ2v) is 2.89. The standard InChI is InChI=1S/C10H7F3N2O2/c1-2-17-10(16)8-6(11)3-5(9(12)13)7(4-14)15-8/h3,9H,2H2,1H3. The summed E-state index contributed by atoms with van der Waals surface area (Å²) in [6.07, 6.45) is -3.04. The molecular weight excluding hydrogens is 237 g/mol. The lowest BCUT2D eigenvalue weighted by atomic mass is 10.2. The first-order chi connectivity index (χ1) is 8.01. The molecule has 1 rings (SSSR count). The molecule has 0 aliphatic carbocycles. The van der Waals surface area contributed by atoms with Gasteiger partial charge >= 0.3 is 5.97 Å². The van der Waals surface area contributed by atoms with Crippen LogP contribution in [0.5, 0.6) is 0 Å². The maximum atomic E-state index is 13.3. The Labute approximate surface area is 94.6 Å². The zero-order valence-corrected chi connectivity index (χ0v) is 8.71. The van der Waals surface area contributed by atoms with E-state index in [1.807, 2.05) is 0 Å². The van der Waals surface area contributed by atoms with E-state index in [1.54, 1.807) is 0 Å². The summed E-state index contributed by atoms with van der Waals surface area (Å²) in [6, 6.07) is 1.80. The molecule has 0 atom stereocenters. The molecule has 0 aliphatic heterocycles. The van der Waals surface area contributed by atoms with Crippen molar-refractivity contribution in [3.05, 3.63) is 28.8 Å². The Morgan fingerprint density at radius 2 is 2.29 bits per heavy atom. The molecular formula is C10H7F3N2O2. The Kier molecular flexibility index (Phi) is 4.04. The highest BCUT2D eigenvalue weighted by Gasteiger charge is 2.22. The zero-order valence-electron chi connectivity index (χ0n) is 8.71. The highest BCUT2D eigenvalue weighted by molar-refractivity contribution is 5.87. The first-order valence-electron chi connectivity index (χ1n) is 4.57. The second kappa shape index (κ2) is 5.30. The normalized spacial score (nSPS) is 10.1. The van der Waals surface area contributed by atoms with Gasteiger partial charge in [-0.25, -0.2) is 22.9 Å². The number of ether oxygens (including phenoxy) is 1. The summed E-state index contributed by atoms with van der Waals surface area (Å²) in [5, 5.41) is 8.57. The van der Waals surface area contributed by atoms with Crippen LogP contribution in [-0.4, -0.2) is 17.6 Å². The largest absolute Gasteiger partial charge is 0.461 e. The maximum absolute atomic E-state index is 13.3. The van der Waals surface area contributed by atoms with E-state index in [1.165, 1.54) is 13.0 Å². The van der Waals surface area contributed by atoms with Gasteiger partial charge in [0.25, 0.3) is 6.43 Å². The molecule has 0 spiro atoms. The fourth-order valence-corrected chi connectivity index (χ4v) is 1.10. The van der Waals surface area contributed by atoms with Gasteiger partial charge in [0.2, 0.25) is 0 Å². The lowest BCUT2D eigenvalue weighted by Gasteiger charge is -2.06. The number of halogens is 3. The van der Waals surface area contributed by atoms with Crippen molar-refractivity contribution in [2.24, 2.45) is 0 Å². The Bertz CT molecular complexity index is 483. The van der Waals surface area contributed by atoms with Crippen LogP contribution >= 0.6 is 0 Å². The van der Waals surface area contributed by atoms with E-state index < -0.39 is 35.2 Å². The molecule has 0 aromatic carbocycles. The number of aromatic nitrogens is 1. The van der Waals surface area contributed by atoms with Gasteiger partial charge in [-0.05, 0) is 13.0 Å². The summed E-state index contributed by atoms with van der Waals surface area (Å²) >= 11 is 0. The molecule has 1 aromatic rings. The number of carbonyl (C=O) groups excluding carboxylic acids is 1. The van der Waals surface area contributed by atoms with Gasteiger partial charge in [0, 0.05) is 0 Å². The second-order valence-electron chi connectivity index (χ2n) is 2.89. The molecule has 0 fully saturated rings. The fourth-order valence-electron chi connectivity index (χ4n) is 1.10. The summed E-state index contributed by atoms with van der Waals surface area (Å²) in [5.41, 5.74) is -2.31. The minimum absolute atomic E-state index is 0.0154. The van der Waals surface area contributed by atoms with Gasteiger partial charge in [-0.15, -0.1) is 0 Å². The minimum Gasteiger partial charge on any atom is -0.461 e. The third-order valence-electron chi connectivity index (χ3n) is 1.82. The minimum atomic E-state index is -3.04. The Morgan fingerprint density at radius 1 is 1.65 bits per heavy atom. The quantitative estimate of drug-likeness (QED) is 0.764. The maximum Gasteiger partial charge on any atom is 0.360 e. The number of pyridine rings is 1. The van der Waals surface area contributed by atoms with Crippen molar-refractivity contribution in [3.63, 3.8) is 0 Å². The summed E-state index contributed by atoms with van der Waals surface area (Å²) in [6.45, 7) is 1.48. The molecule has 0 saturated heterocycles. The van der Waals surface area contributed by atoms with E-state index in [9.17, 15) is 18.0 Å². The van der Waals surface area contributed by atoms with Crippen molar-refractivity contribution in [1.29, 1.82) is 5.26 Å². The molecule has 1 aromatic heterocycles. The van der Waals surface area contributed by atoms with Crippen molar-refractivity contribution in [3.8, 4) is 6.07 Å². The third kappa shape index (κ3) is 2.72. The Balaban J connectivity index is 3.28. The van der Waals surface area contributed by atoms with Gasteiger partial charge in [0.15, 0.2) is 17.2 Å². The van der Waals surface area contributed by atoms with Crippen LogP contribution in [0.2, 0.25) is 0 Å². The van der Waals surface area contributed by atoms with Crippen LogP contribution in [0.4, 0.5) is 13.2 Å². The van der Waals surface area contributed by atoms with Crippen molar-refractivity contribution in [1.82, 2.24) is 4.98 Å². The van der Waals surface area contributed by atoms with Crippen LogP contribution in [0.1, 0.15) is 35.1 Å². The number of rotatable bonds is 3. The number of carbonyl (C=O) groups is 1. The van der Waals surface area contributed by atoms with Crippen LogP contribution in [-0.2, 0) is 4.74 Å². The monoisotopic (exact) mass is 244 g/mol. The van der Waals surface area contributed by atoms with Crippen molar-refractivity contribution in [2.75, 3.05) is 6.61 Å². The number of alkyl halides is 2. The van der Waals surface area contributed by atoms with Gasteiger partial charge in [-0.1, -0.05) is 0 Å². The van der Waals surface area contributed by atoms with Gasteiger partial charge in [0.05, 0.1) is 12.2 Å². The van der Waals surface area contributed by atoms with E-state index in [-0.39, 0.29) is 6.61 Å². The van der Waals surface area contributed by atoms with Crippen LogP contribution in [0.25, 0.3) is 0 Å². The predicted octanol–water partition coefficient (Wildman–Crippen LogP) is 2.21. The summed E-state index contributed by atoms with van der Waals surface area (Å²) in [4.78, 5) is 14.4. The lowest BCUT2D eigenvalue weighted by Crippen LogP contribution is -2.12. The lowest BCUT2D eigenvalue weighted by molar-refractivity contribution is 0.0512. The number of esters is 1. The molecule has 17 heavy (non-hydrogen) atoms. The number of nitriles is 1. The zero-order chi connectivity index (χ0) is 13.0. The molecule has 4 nitrogen and oxygen atoms in total. The first kappa shape index (κ1) is 13.0. The number of hydrogen-bond acceptors (Lipinski definition) is 4. The molecule has 0 amide bonds. The highest BCUT2D eigenvalue weighted by Crippen LogP contribution is 2.23. The summed E-state index contributed by atoms with van der Waals surface area (Å²) in [7, 11) is 0. The number of hydrogen-bond donors (Lipinski definition) is 0. The van der Waals surface area contributed by atoms with Gasteiger partial charge in [0.1, 0.15) is 6.07 Å². The molecule has 0 N–H and O–H groups in total. The van der Waals surface area contributed by atoms with Crippen LogP contribution in [0.15, 0.2) is 6.07 Å². The Hall–Kier alpha value is -2.10. The summed E-state index contributed by atoms with van der Waals surface area (Å²) in [5.74, 6) is -2.33. The smallest absolute Gasteiger partial charge is 0.360 e. The van der Waals surface area contributed by atoms with Crippen molar-refractivity contribution < 1.29 is 22.7 Å². The van der Waals surface area contributed by atoms with E-state index >= 15 is 0 Å². The average Bonchev–Trinajstić information content (AvgIpc) is 2.28. The number of nitrogens with zero attached hydrogens (tertiary/aromatic N) is 2. The molecule has 0 radical (unpaired) electrons. The van der Waals surface area contributed by atoms with E-state index in [0.29, 0.717) is 6.07 Å². The molecule has 0 bridgehead atoms. The average molecular weight is 244 g/mol. The first-order valence-corrected chi connectivity index (χ1v) is 4.57. The van der Waals surface area contributed by atoms with E-state index in [0.717, 1.165) is 0 Å². The molecule has 7 heteroatoms. The SMILES string of the molecule is CCOC(=O)c1nc(C#N)c(C(F)F)cc1F. The van der Waals surface area contributed by atoms with E-state index in [4.69, 9.17) is 5.26 Å². The molecule has 1 heterocycles. The van der Waals surface area contributed by atoms with Crippen LogP contribution in [0.3, 0.4) is 0 Å². The summed E-state index contributed by atoms with van der Waals surface area (Å²) < 4.78 is 42.6.